The minimum absolute atomic E-state index is 0.138. The average molecular weight is 241 g/mol. The lowest BCUT2D eigenvalue weighted by atomic mass is 10.0. The van der Waals surface area contributed by atoms with Crippen molar-refractivity contribution in [3.05, 3.63) is 43.5 Å². The monoisotopic (exact) mass is 241 g/mol. The maximum Gasteiger partial charge on any atom is 0.279 e. The third-order valence-electron chi connectivity index (χ3n) is 2.37. The first kappa shape index (κ1) is 13.0. The van der Waals surface area contributed by atoms with E-state index in [0.717, 1.165) is 6.07 Å². The van der Waals surface area contributed by atoms with Crippen LogP contribution in [0.1, 0.15) is 11.1 Å². The Hall–Kier alpha value is -2.06. The van der Waals surface area contributed by atoms with Gasteiger partial charge >= 0.3 is 0 Å². The fourth-order valence-electron chi connectivity index (χ4n) is 1.46. The maximum absolute atomic E-state index is 10.7. The molecule has 0 fully saturated rings. The van der Waals surface area contributed by atoms with Crippen LogP contribution in [0.15, 0.2) is 12.1 Å². The quantitative estimate of drug-likeness (QED) is 0.611. The largest absolute Gasteiger partial charge is 0.304 e. The molecule has 8 heteroatoms. The van der Waals surface area contributed by atoms with Gasteiger partial charge in [-0.25, -0.2) is 5.90 Å². The van der Waals surface area contributed by atoms with Crippen molar-refractivity contribution in [2.45, 2.75) is 13.3 Å². The van der Waals surface area contributed by atoms with E-state index in [-0.39, 0.29) is 24.4 Å². The highest BCUT2D eigenvalue weighted by Gasteiger charge is 2.20. The molecule has 0 radical (unpaired) electrons. The van der Waals surface area contributed by atoms with Crippen LogP contribution in [0.4, 0.5) is 11.4 Å². The summed E-state index contributed by atoms with van der Waals surface area (Å²) in [7, 11) is 0. The highest BCUT2D eigenvalue weighted by atomic mass is 16.6. The lowest BCUT2D eigenvalue weighted by molar-refractivity contribution is -0.394. The van der Waals surface area contributed by atoms with Crippen molar-refractivity contribution >= 4 is 11.4 Å². The minimum Gasteiger partial charge on any atom is -0.304 e. The van der Waals surface area contributed by atoms with E-state index in [2.05, 4.69) is 4.84 Å². The SMILES string of the molecule is Cc1c(CCON)cc([N+](=O)[O-])cc1[N+](=O)[O-]. The van der Waals surface area contributed by atoms with Crippen LogP contribution in [0.25, 0.3) is 0 Å². The molecule has 0 saturated heterocycles. The summed E-state index contributed by atoms with van der Waals surface area (Å²) in [5.41, 5.74) is 0.287. The van der Waals surface area contributed by atoms with Gasteiger partial charge in [-0.15, -0.1) is 0 Å². The Bertz CT molecular complexity index is 460. The fourth-order valence-corrected chi connectivity index (χ4v) is 1.46. The molecule has 1 aromatic carbocycles. The summed E-state index contributed by atoms with van der Waals surface area (Å²) < 4.78 is 0. The molecule has 0 spiro atoms. The summed E-state index contributed by atoms with van der Waals surface area (Å²) >= 11 is 0. The van der Waals surface area contributed by atoms with E-state index < -0.39 is 9.85 Å². The number of nitro groups is 2. The zero-order valence-electron chi connectivity index (χ0n) is 9.08. The number of benzene rings is 1. The Kier molecular flexibility index (Phi) is 4.07. The van der Waals surface area contributed by atoms with Crippen molar-refractivity contribution in [3.63, 3.8) is 0 Å². The van der Waals surface area contributed by atoms with Gasteiger partial charge in [-0.05, 0) is 18.9 Å². The van der Waals surface area contributed by atoms with E-state index in [1.807, 2.05) is 0 Å². The molecular formula is C9H11N3O5. The van der Waals surface area contributed by atoms with Crippen molar-refractivity contribution < 1.29 is 14.7 Å². The van der Waals surface area contributed by atoms with E-state index in [0.29, 0.717) is 11.1 Å². The molecule has 0 aliphatic heterocycles. The van der Waals surface area contributed by atoms with Crippen LogP contribution in [0.2, 0.25) is 0 Å². The van der Waals surface area contributed by atoms with Crippen LogP contribution in [-0.2, 0) is 11.3 Å². The van der Waals surface area contributed by atoms with E-state index in [9.17, 15) is 20.2 Å². The number of nitro benzene ring substituents is 2. The molecule has 0 aliphatic rings. The first-order valence-electron chi connectivity index (χ1n) is 4.71. The number of nitrogens with zero attached hydrogens (tertiary/aromatic N) is 2. The molecule has 0 atom stereocenters. The molecule has 92 valence electrons. The lowest BCUT2D eigenvalue weighted by Crippen LogP contribution is -2.06. The minimum atomic E-state index is -0.667. The molecule has 0 bridgehead atoms. The Morgan fingerprint density at radius 3 is 2.41 bits per heavy atom. The Labute approximate surface area is 96.2 Å². The van der Waals surface area contributed by atoms with Gasteiger partial charge in [0.2, 0.25) is 0 Å². The molecule has 0 heterocycles. The second-order valence-electron chi connectivity index (χ2n) is 3.38. The molecule has 8 nitrogen and oxygen atoms in total. The summed E-state index contributed by atoms with van der Waals surface area (Å²) in [6, 6.07) is 2.24. The van der Waals surface area contributed by atoms with Gasteiger partial charge in [0.05, 0.1) is 22.5 Å². The molecular weight excluding hydrogens is 230 g/mol. The third-order valence-corrected chi connectivity index (χ3v) is 2.37. The van der Waals surface area contributed by atoms with Gasteiger partial charge in [0, 0.05) is 11.6 Å². The van der Waals surface area contributed by atoms with Crippen molar-refractivity contribution in [2.24, 2.45) is 5.90 Å². The normalized spacial score (nSPS) is 10.2. The summed E-state index contributed by atoms with van der Waals surface area (Å²) in [4.78, 5) is 24.4. The standard InChI is InChI=1S/C9H11N3O5/c1-6-7(2-3-17-10)4-8(11(13)14)5-9(6)12(15)16/h4-5H,2-3,10H2,1H3. The van der Waals surface area contributed by atoms with Crippen LogP contribution >= 0.6 is 0 Å². The van der Waals surface area contributed by atoms with Gasteiger partial charge in [-0.1, -0.05) is 0 Å². The zero-order valence-corrected chi connectivity index (χ0v) is 9.08. The molecule has 2 N–H and O–H groups in total. The van der Waals surface area contributed by atoms with E-state index >= 15 is 0 Å². The number of non-ortho nitro benzene ring substituents is 1. The van der Waals surface area contributed by atoms with Gasteiger partial charge in [-0.3, -0.25) is 20.2 Å². The van der Waals surface area contributed by atoms with Crippen molar-refractivity contribution in [1.82, 2.24) is 0 Å². The predicted octanol–water partition coefficient (Wildman–Crippen LogP) is 1.24. The van der Waals surface area contributed by atoms with E-state index in [4.69, 9.17) is 5.90 Å². The maximum atomic E-state index is 10.7. The predicted molar refractivity (Wildman–Crippen MR) is 58.3 cm³/mol. The topological polar surface area (TPSA) is 122 Å². The smallest absolute Gasteiger partial charge is 0.279 e. The van der Waals surface area contributed by atoms with Crippen LogP contribution in [0, 0.1) is 27.2 Å². The molecule has 0 saturated carbocycles. The first-order valence-corrected chi connectivity index (χ1v) is 4.71. The van der Waals surface area contributed by atoms with Gasteiger partial charge in [0.1, 0.15) is 0 Å². The Morgan fingerprint density at radius 2 is 1.94 bits per heavy atom. The first-order chi connectivity index (χ1) is 7.97. The molecule has 1 aromatic rings. The number of nitrogens with two attached hydrogens (primary N) is 1. The Morgan fingerprint density at radius 1 is 1.29 bits per heavy atom. The fraction of sp³-hybridized carbons (Fsp3) is 0.333. The summed E-state index contributed by atoms with van der Waals surface area (Å²) in [6.45, 7) is 1.67. The highest BCUT2D eigenvalue weighted by molar-refractivity contribution is 5.53. The summed E-state index contributed by atoms with van der Waals surface area (Å²) in [5.74, 6) is 4.85. The summed E-state index contributed by atoms with van der Waals surface area (Å²) in [6.07, 6.45) is 0.283. The van der Waals surface area contributed by atoms with E-state index in [1.54, 1.807) is 0 Å². The number of hydrogen-bond acceptors (Lipinski definition) is 6. The van der Waals surface area contributed by atoms with Gasteiger partial charge in [-0.2, -0.15) is 0 Å². The van der Waals surface area contributed by atoms with Gasteiger partial charge in [0.15, 0.2) is 0 Å². The van der Waals surface area contributed by atoms with Crippen molar-refractivity contribution in [2.75, 3.05) is 6.61 Å². The Balaban J connectivity index is 3.27. The van der Waals surface area contributed by atoms with Crippen LogP contribution in [0.5, 0.6) is 0 Å². The average Bonchev–Trinajstić information content (AvgIpc) is 2.26. The van der Waals surface area contributed by atoms with Gasteiger partial charge < -0.3 is 4.84 Å². The second-order valence-corrected chi connectivity index (χ2v) is 3.38. The zero-order chi connectivity index (χ0) is 13.0. The molecule has 0 amide bonds. The van der Waals surface area contributed by atoms with Crippen LogP contribution in [0.3, 0.4) is 0 Å². The molecule has 0 aliphatic carbocycles. The third kappa shape index (κ3) is 2.95. The van der Waals surface area contributed by atoms with Gasteiger partial charge in [0.25, 0.3) is 11.4 Å². The molecule has 0 aromatic heterocycles. The van der Waals surface area contributed by atoms with Crippen LogP contribution < -0.4 is 5.90 Å². The number of rotatable bonds is 5. The lowest BCUT2D eigenvalue weighted by Gasteiger charge is -2.05. The van der Waals surface area contributed by atoms with Crippen molar-refractivity contribution in [1.29, 1.82) is 0 Å². The van der Waals surface area contributed by atoms with E-state index in [1.165, 1.54) is 13.0 Å². The number of hydrogen-bond donors (Lipinski definition) is 1. The summed E-state index contributed by atoms with van der Waals surface area (Å²) in [5, 5.41) is 21.4. The molecule has 0 unspecified atom stereocenters. The second kappa shape index (κ2) is 5.32. The highest BCUT2D eigenvalue weighted by Crippen LogP contribution is 2.28. The molecule has 17 heavy (non-hydrogen) atoms. The molecule has 1 rings (SSSR count). The van der Waals surface area contributed by atoms with Crippen molar-refractivity contribution in [3.8, 4) is 0 Å². The van der Waals surface area contributed by atoms with Crippen LogP contribution in [-0.4, -0.2) is 16.5 Å².